The van der Waals surface area contributed by atoms with Gasteiger partial charge in [-0.25, -0.2) is 8.78 Å². The Bertz CT molecular complexity index is 1110. The predicted octanol–water partition coefficient (Wildman–Crippen LogP) is 6.25. The van der Waals surface area contributed by atoms with Crippen molar-refractivity contribution >= 4 is 11.7 Å². The molecule has 0 aliphatic heterocycles. The zero-order valence-corrected chi connectivity index (χ0v) is 18.4. The van der Waals surface area contributed by atoms with Crippen LogP contribution in [0.15, 0.2) is 67.0 Å². The summed E-state index contributed by atoms with van der Waals surface area (Å²) < 4.78 is 69.3. The van der Waals surface area contributed by atoms with Crippen molar-refractivity contribution in [2.45, 2.75) is 25.9 Å². The summed E-state index contributed by atoms with van der Waals surface area (Å²) in [5, 5.41) is 2.09. The van der Waals surface area contributed by atoms with Gasteiger partial charge in [0.05, 0.1) is 5.56 Å². The van der Waals surface area contributed by atoms with Gasteiger partial charge in [0.1, 0.15) is 11.5 Å². The normalized spacial score (nSPS) is 11.2. The first-order valence-electron chi connectivity index (χ1n) is 9.83. The first-order valence-corrected chi connectivity index (χ1v) is 9.83. The third kappa shape index (κ3) is 7.65. The molecule has 0 saturated carbocycles. The molecular formula is C24H21F5N2O3. The number of amides is 1. The highest BCUT2D eigenvalue weighted by molar-refractivity contribution is 5.94. The Labute approximate surface area is 192 Å². The van der Waals surface area contributed by atoms with Gasteiger partial charge in [-0.1, -0.05) is 12.1 Å². The molecule has 3 aromatic rings. The lowest BCUT2D eigenvalue weighted by Crippen LogP contribution is -2.20. The second kappa shape index (κ2) is 10.9. The van der Waals surface area contributed by atoms with E-state index in [4.69, 9.17) is 4.74 Å². The minimum Gasteiger partial charge on any atom is -0.457 e. The maximum atomic E-state index is 13.1. The molecule has 1 amide bonds. The van der Waals surface area contributed by atoms with Gasteiger partial charge < -0.3 is 10.1 Å². The van der Waals surface area contributed by atoms with E-state index in [0.29, 0.717) is 36.1 Å². The van der Waals surface area contributed by atoms with E-state index in [9.17, 15) is 31.5 Å². The maximum Gasteiger partial charge on any atom is 0.416 e. The highest BCUT2D eigenvalue weighted by Gasteiger charge is 2.35. The predicted molar refractivity (Wildman–Crippen MR) is 115 cm³/mol. The minimum atomic E-state index is -4.79. The molecule has 3 rings (SSSR count). The van der Waals surface area contributed by atoms with Crippen molar-refractivity contribution in [2.75, 3.05) is 7.05 Å². The molecule has 10 heteroatoms. The van der Waals surface area contributed by atoms with E-state index in [2.05, 4.69) is 10.3 Å². The fraction of sp³-hybridized carbons (Fsp3) is 0.208. The summed E-state index contributed by atoms with van der Waals surface area (Å²) >= 11 is 0. The van der Waals surface area contributed by atoms with Crippen LogP contribution in [0.2, 0.25) is 0 Å². The lowest BCUT2D eigenvalue weighted by atomic mass is 10.0. The third-order valence-corrected chi connectivity index (χ3v) is 4.38. The van der Waals surface area contributed by atoms with Crippen molar-refractivity contribution in [1.82, 2.24) is 10.3 Å². The van der Waals surface area contributed by atoms with E-state index in [1.165, 1.54) is 14.0 Å². The van der Waals surface area contributed by atoms with E-state index in [1.807, 2.05) is 6.07 Å². The van der Waals surface area contributed by atoms with Crippen molar-refractivity contribution < 1.29 is 36.3 Å². The van der Waals surface area contributed by atoms with Crippen LogP contribution in [-0.4, -0.2) is 23.7 Å². The number of Topliss-reactive ketones (excluding diaryl/α,β-unsaturated/α-hetero) is 1. The average Bonchev–Trinajstić information content (AvgIpc) is 2.78. The van der Waals surface area contributed by atoms with Gasteiger partial charge in [0.15, 0.2) is 5.78 Å². The van der Waals surface area contributed by atoms with Crippen molar-refractivity contribution in [2.24, 2.45) is 0 Å². The standard InChI is InChI=1S/C13H11NO2.C11H10F5NO/c1-10(15)11-3-2-4-13(9-11)16-12-5-7-14-8-6-12;1-10(12,13)7-3-6(9(18)17-2)4-8(5-7)11(14,15)16/h2-9H,1H3;3-5H,1-2H3,(H,17,18). The first kappa shape index (κ1) is 26.4. The molecule has 0 spiro atoms. The maximum absolute atomic E-state index is 13.1. The van der Waals surface area contributed by atoms with Gasteiger partial charge in [0, 0.05) is 43.1 Å². The molecule has 0 saturated heterocycles. The fourth-order valence-electron chi connectivity index (χ4n) is 2.64. The largest absolute Gasteiger partial charge is 0.457 e. The molecule has 0 aliphatic rings. The van der Waals surface area contributed by atoms with Crippen LogP contribution in [0, 0.1) is 0 Å². The Hall–Kier alpha value is -3.82. The van der Waals surface area contributed by atoms with Crippen molar-refractivity contribution in [3.8, 4) is 11.5 Å². The molecule has 1 heterocycles. The summed E-state index contributed by atoms with van der Waals surface area (Å²) in [6.07, 6.45) is -1.47. The number of rotatable bonds is 5. The number of hydrogen-bond donors (Lipinski definition) is 1. The number of ether oxygens (including phenoxy) is 1. The lowest BCUT2D eigenvalue weighted by Gasteiger charge is -2.15. The third-order valence-electron chi connectivity index (χ3n) is 4.38. The Balaban J connectivity index is 0.000000241. The monoisotopic (exact) mass is 480 g/mol. The molecule has 5 nitrogen and oxygen atoms in total. The van der Waals surface area contributed by atoms with E-state index < -0.39 is 34.7 Å². The highest BCUT2D eigenvalue weighted by atomic mass is 19.4. The van der Waals surface area contributed by atoms with Crippen molar-refractivity contribution in [3.63, 3.8) is 0 Å². The lowest BCUT2D eigenvalue weighted by molar-refractivity contribution is -0.137. The number of pyridine rings is 1. The number of carbonyl (C=O) groups is 2. The number of benzene rings is 2. The van der Waals surface area contributed by atoms with Crippen LogP contribution in [0.1, 0.15) is 45.7 Å². The van der Waals surface area contributed by atoms with Gasteiger partial charge in [-0.3, -0.25) is 14.6 Å². The van der Waals surface area contributed by atoms with Crippen LogP contribution in [0.4, 0.5) is 22.0 Å². The van der Waals surface area contributed by atoms with E-state index in [1.54, 1.807) is 42.7 Å². The summed E-state index contributed by atoms with van der Waals surface area (Å²) in [5.74, 6) is -2.93. The summed E-state index contributed by atoms with van der Waals surface area (Å²) in [5.41, 5.74) is -1.94. The van der Waals surface area contributed by atoms with Gasteiger partial charge in [0.2, 0.25) is 0 Å². The van der Waals surface area contributed by atoms with E-state index >= 15 is 0 Å². The molecule has 0 radical (unpaired) electrons. The molecule has 0 atom stereocenters. The van der Waals surface area contributed by atoms with Crippen LogP contribution >= 0.6 is 0 Å². The zero-order valence-electron chi connectivity index (χ0n) is 18.4. The van der Waals surface area contributed by atoms with Gasteiger partial charge in [0.25, 0.3) is 11.8 Å². The summed E-state index contributed by atoms with van der Waals surface area (Å²) in [6.45, 7) is 2.00. The van der Waals surface area contributed by atoms with Crippen LogP contribution in [0.5, 0.6) is 11.5 Å². The smallest absolute Gasteiger partial charge is 0.416 e. The molecule has 0 unspecified atom stereocenters. The molecule has 0 bridgehead atoms. The number of nitrogens with one attached hydrogen (secondary N) is 1. The van der Waals surface area contributed by atoms with Gasteiger partial charge in [-0.2, -0.15) is 13.2 Å². The molecule has 1 aromatic heterocycles. The quantitative estimate of drug-likeness (QED) is 0.346. The zero-order chi connectivity index (χ0) is 25.5. The number of nitrogens with zero attached hydrogens (tertiary/aromatic N) is 1. The number of hydrogen-bond acceptors (Lipinski definition) is 4. The highest BCUT2D eigenvalue weighted by Crippen LogP contribution is 2.35. The van der Waals surface area contributed by atoms with Crippen molar-refractivity contribution in [3.05, 3.63) is 89.2 Å². The van der Waals surface area contributed by atoms with Gasteiger partial charge in [-0.05, 0) is 49.4 Å². The van der Waals surface area contributed by atoms with E-state index in [-0.39, 0.29) is 5.78 Å². The number of halogens is 5. The molecule has 0 fully saturated rings. The van der Waals surface area contributed by atoms with Crippen molar-refractivity contribution in [1.29, 1.82) is 0 Å². The number of alkyl halides is 5. The van der Waals surface area contributed by atoms with E-state index in [0.717, 1.165) is 6.07 Å². The SMILES string of the molecule is CC(=O)c1cccc(Oc2ccncc2)c1.CNC(=O)c1cc(C(C)(F)F)cc(C(F)(F)F)c1. The molecule has 1 N–H and O–H groups in total. The van der Waals surface area contributed by atoms with Crippen LogP contribution < -0.4 is 10.1 Å². The van der Waals surface area contributed by atoms with Crippen LogP contribution in [0.3, 0.4) is 0 Å². The Morgan fingerprint density at radius 3 is 2.00 bits per heavy atom. The Kier molecular flexibility index (Phi) is 8.45. The topological polar surface area (TPSA) is 68.3 Å². The fourth-order valence-corrected chi connectivity index (χ4v) is 2.64. The summed E-state index contributed by atoms with van der Waals surface area (Å²) in [6, 6.07) is 12.3. The van der Waals surface area contributed by atoms with Gasteiger partial charge >= 0.3 is 6.18 Å². The second-order valence-corrected chi connectivity index (χ2v) is 7.13. The van der Waals surface area contributed by atoms with Gasteiger partial charge in [-0.15, -0.1) is 0 Å². The molecule has 180 valence electrons. The van der Waals surface area contributed by atoms with Crippen LogP contribution in [-0.2, 0) is 12.1 Å². The molecule has 0 aliphatic carbocycles. The molecule has 34 heavy (non-hydrogen) atoms. The summed E-state index contributed by atoms with van der Waals surface area (Å²) in [7, 11) is 1.20. The average molecular weight is 480 g/mol. The number of ketones is 1. The van der Waals surface area contributed by atoms with Crippen LogP contribution in [0.25, 0.3) is 0 Å². The molecule has 2 aromatic carbocycles. The number of carbonyl (C=O) groups excluding carboxylic acids is 2. The minimum absolute atomic E-state index is 0.0279. The Morgan fingerprint density at radius 1 is 0.853 bits per heavy atom. The Morgan fingerprint density at radius 2 is 1.47 bits per heavy atom. The molecular weight excluding hydrogens is 459 g/mol. The first-order chi connectivity index (χ1) is 15.8. The summed E-state index contributed by atoms with van der Waals surface area (Å²) in [4.78, 5) is 26.3. The number of aromatic nitrogens is 1. The second-order valence-electron chi connectivity index (χ2n) is 7.13.